The Bertz CT molecular complexity index is 1240. The average Bonchev–Trinajstić information content (AvgIpc) is 3.33. The van der Waals surface area contributed by atoms with E-state index >= 15 is 0 Å². The van der Waals surface area contributed by atoms with Crippen LogP contribution in [0.2, 0.25) is 0 Å². The first-order valence-corrected chi connectivity index (χ1v) is 28.3. The second kappa shape index (κ2) is 46.0. The minimum atomic E-state index is -1.61. The smallest absolute Gasteiger partial charge is 0.306 e. The summed E-state index contributed by atoms with van der Waals surface area (Å²) in [6.45, 7) is 5.74. The summed E-state index contributed by atoms with van der Waals surface area (Å²) in [7, 11) is 0. The fourth-order valence-electron chi connectivity index (χ4n) is 8.76. The van der Waals surface area contributed by atoms with Gasteiger partial charge in [-0.1, -0.05) is 231 Å². The summed E-state index contributed by atoms with van der Waals surface area (Å²) in [6.07, 6.45) is 41.8. The van der Waals surface area contributed by atoms with Gasteiger partial charge in [-0.15, -0.1) is 0 Å². The fourth-order valence-corrected chi connectivity index (χ4v) is 8.76. The summed E-state index contributed by atoms with van der Waals surface area (Å²) < 4.78 is 17.5. The molecule has 8 unspecified atom stereocenters. The van der Waals surface area contributed by atoms with E-state index in [9.17, 15) is 35.1 Å². The van der Waals surface area contributed by atoms with Gasteiger partial charge in [0.2, 0.25) is 5.91 Å². The van der Waals surface area contributed by atoms with Gasteiger partial charge < -0.3 is 45.1 Å². The lowest BCUT2D eigenvalue weighted by molar-refractivity contribution is -0.305. The Labute approximate surface area is 415 Å². The largest absolute Gasteiger partial charge is 0.454 e. The Morgan fingerprint density at radius 3 is 1.50 bits per heavy atom. The maximum atomic E-state index is 13.3. The second-order valence-corrected chi connectivity index (χ2v) is 19.7. The summed E-state index contributed by atoms with van der Waals surface area (Å²) >= 11 is 0. The Morgan fingerprint density at radius 1 is 0.574 bits per heavy atom. The van der Waals surface area contributed by atoms with Crippen LogP contribution in [-0.4, -0.2) is 99.6 Å². The highest BCUT2D eigenvalue weighted by molar-refractivity contribution is 5.80. The number of carbonyl (C=O) groups is 2. The Balaban J connectivity index is 2.76. The zero-order valence-corrected chi connectivity index (χ0v) is 43.7. The van der Waals surface area contributed by atoms with Crippen molar-refractivity contribution < 1.29 is 49.3 Å². The fraction of sp³-hybridized carbons (Fsp3) is 0.860. The van der Waals surface area contributed by atoms with Gasteiger partial charge in [-0.2, -0.15) is 0 Å². The van der Waals surface area contributed by atoms with E-state index in [1.54, 1.807) is 6.08 Å². The van der Waals surface area contributed by atoms with Crippen molar-refractivity contribution in [3.63, 3.8) is 0 Å². The van der Waals surface area contributed by atoms with Gasteiger partial charge in [-0.25, -0.2) is 0 Å². The molecule has 1 saturated heterocycles. The second-order valence-electron chi connectivity index (χ2n) is 19.7. The topological polar surface area (TPSA) is 175 Å². The van der Waals surface area contributed by atoms with E-state index < -0.39 is 67.4 Å². The van der Waals surface area contributed by atoms with Crippen LogP contribution in [0.25, 0.3) is 0 Å². The van der Waals surface area contributed by atoms with E-state index in [1.165, 1.54) is 128 Å². The van der Waals surface area contributed by atoms with E-state index in [4.69, 9.17) is 14.2 Å². The molecule has 1 fully saturated rings. The molecule has 68 heavy (non-hydrogen) atoms. The average molecular weight is 964 g/mol. The predicted molar refractivity (Wildman–Crippen MR) is 278 cm³/mol. The van der Waals surface area contributed by atoms with Gasteiger partial charge in [0.05, 0.1) is 25.4 Å². The van der Waals surface area contributed by atoms with Gasteiger partial charge >= 0.3 is 5.97 Å². The Kier molecular flexibility index (Phi) is 43.2. The number of hydrogen-bond donors (Lipinski definition) is 6. The van der Waals surface area contributed by atoms with Crippen molar-refractivity contribution in [2.45, 2.75) is 301 Å². The van der Waals surface area contributed by atoms with Crippen LogP contribution in [0.15, 0.2) is 36.5 Å². The third-order valence-corrected chi connectivity index (χ3v) is 13.3. The van der Waals surface area contributed by atoms with Crippen molar-refractivity contribution in [3.05, 3.63) is 36.5 Å². The minimum absolute atomic E-state index is 0.126. The van der Waals surface area contributed by atoms with Crippen molar-refractivity contribution in [1.29, 1.82) is 0 Å². The van der Waals surface area contributed by atoms with Crippen LogP contribution in [0.5, 0.6) is 0 Å². The number of nitrogens with one attached hydrogen (secondary N) is 1. The lowest BCUT2D eigenvalue weighted by Crippen LogP contribution is -2.61. The number of hydrogen-bond acceptors (Lipinski definition) is 10. The number of amides is 1. The summed E-state index contributed by atoms with van der Waals surface area (Å²) in [5, 5.41) is 56.7. The van der Waals surface area contributed by atoms with Crippen molar-refractivity contribution in [2.75, 3.05) is 13.2 Å². The molecule has 0 aromatic rings. The molecule has 11 nitrogen and oxygen atoms in total. The molecule has 11 heteroatoms. The standard InChI is InChI=1S/C57H105NO10/c1-4-7-10-13-16-19-22-25-27-29-32-35-38-41-44-50(61)56(65)58-48(49(60)43-40-37-34-31-28-24-21-18-15-12-9-6-3)47-66-57-55(54(64)53(63)51(46-59)67-57)68-52(62)45-42-39-36-33-30-26-23-20-17-14-11-8-5-2/h16,19,22,25,40,43,48-51,53-55,57,59-61,63-64H,4-15,17-18,20-21,23-24,26-39,41-42,44-47H2,1-3H3,(H,58,65)/b19-16+,25-22+,43-40+. The molecule has 1 amide bonds. The lowest BCUT2D eigenvalue weighted by Gasteiger charge is -2.41. The number of aliphatic hydroxyl groups excluding tert-OH is 5. The molecule has 398 valence electrons. The van der Waals surface area contributed by atoms with Gasteiger partial charge in [-0.05, 0) is 51.4 Å². The third-order valence-electron chi connectivity index (χ3n) is 13.3. The lowest BCUT2D eigenvalue weighted by atomic mass is 9.99. The van der Waals surface area contributed by atoms with Crippen molar-refractivity contribution in [3.8, 4) is 0 Å². The Hall–Kier alpha value is -2.12. The van der Waals surface area contributed by atoms with Crippen LogP contribution in [-0.2, 0) is 23.8 Å². The number of carbonyl (C=O) groups excluding carboxylic acids is 2. The number of aliphatic hydroxyl groups is 5. The molecular weight excluding hydrogens is 859 g/mol. The number of esters is 1. The molecule has 1 heterocycles. The van der Waals surface area contributed by atoms with Crippen molar-refractivity contribution >= 4 is 11.9 Å². The minimum Gasteiger partial charge on any atom is -0.454 e. The molecule has 8 atom stereocenters. The van der Waals surface area contributed by atoms with Gasteiger partial charge in [0, 0.05) is 6.42 Å². The molecule has 0 spiro atoms. The summed E-state index contributed by atoms with van der Waals surface area (Å²) in [6, 6.07) is -1.03. The van der Waals surface area contributed by atoms with Crippen LogP contribution in [0.4, 0.5) is 0 Å². The van der Waals surface area contributed by atoms with Gasteiger partial charge in [-0.3, -0.25) is 9.59 Å². The third kappa shape index (κ3) is 34.2. The molecular formula is C57H105NO10. The van der Waals surface area contributed by atoms with Gasteiger partial charge in [0.15, 0.2) is 12.4 Å². The molecule has 0 aromatic heterocycles. The van der Waals surface area contributed by atoms with Gasteiger partial charge in [0.25, 0.3) is 0 Å². The number of rotatable bonds is 47. The first-order chi connectivity index (χ1) is 33.2. The molecule has 0 saturated carbocycles. The highest BCUT2D eigenvalue weighted by Crippen LogP contribution is 2.26. The first-order valence-electron chi connectivity index (χ1n) is 28.3. The molecule has 1 aliphatic heterocycles. The highest BCUT2D eigenvalue weighted by atomic mass is 16.7. The maximum Gasteiger partial charge on any atom is 0.306 e. The van der Waals surface area contributed by atoms with E-state index in [-0.39, 0.29) is 19.4 Å². The number of unbranched alkanes of at least 4 members (excludes halogenated alkanes) is 30. The van der Waals surface area contributed by atoms with Crippen molar-refractivity contribution in [2.24, 2.45) is 0 Å². The van der Waals surface area contributed by atoms with Crippen LogP contribution in [0.3, 0.4) is 0 Å². The molecule has 1 rings (SSSR count). The first kappa shape index (κ1) is 63.9. The zero-order chi connectivity index (χ0) is 49.7. The monoisotopic (exact) mass is 964 g/mol. The van der Waals surface area contributed by atoms with Crippen LogP contribution in [0.1, 0.15) is 252 Å². The van der Waals surface area contributed by atoms with Crippen LogP contribution < -0.4 is 5.32 Å². The maximum absolute atomic E-state index is 13.3. The number of allylic oxidation sites excluding steroid dienone is 5. The highest BCUT2D eigenvalue weighted by Gasteiger charge is 2.47. The summed E-state index contributed by atoms with van der Waals surface area (Å²) in [5.74, 6) is -1.20. The van der Waals surface area contributed by atoms with E-state index in [0.717, 1.165) is 77.0 Å². The molecule has 6 N–H and O–H groups in total. The SMILES string of the molecule is CCCCC/C=C/C=C/CCCCCCCC(O)C(=O)NC(COC1OC(CO)C(O)C(O)C1OC(=O)CCCCCCCCCCCCCCC)C(O)/C=C/CCCCCCCCCCCC. The summed E-state index contributed by atoms with van der Waals surface area (Å²) in [4.78, 5) is 26.4. The van der Waals surface area contributed by atoms with E-state index in [0.29, 0.717) is 12.8 Å². The zero-order valence-electron chi connectivity index (χ0n) is 43.7. The van der Waals surface area contributed by atoms with E-state index in [2.05, 4.69) is 50.4 Å². The molecule has 0 aromatic carbocycles. The predicted octanol–water partition coefficient (Wildman–Crippen LogP) is 12.3. The molecule has 0 radical (unpaired) electrons. The normalized spacial score (nSPS) is 20.1. The quantitative estimate of drug-likeness (QED) is 0.0149. The summed E-state index contributed by atoms with van der Waals surface area (Å²) in [5.41, 5.74) is 0. The van der Waals surface area contributed by atoms with Crippen LogP contribution >= 0.6 is 0 Å². The van der Waals surface area contributed by atoms with Gasteiger partial charge in [0.1, 0.15) is 24.4 Å². The van der Waals surface area contributed by atoms with Crippen LogP contribution in [0, 0.1) is 0 Å². The molecule has 0 aliphatic carbocycles. The van der Waals surface area contributed by atoms with Crippen molar-refractivity contribution in [1.82, 2.24) is 5.32 Å². The molecule has 0 bridgehead atoms. The number of ether oxygens (including phenoxy) is 3. The Morgan fingerprint density at radius 2 is 1.00 bits per heavy atom. The molecule has 1 aliphatic rings. The van der Waals surface area contributed by atoms with E-state index in [1.807, 2.05) is 6.08 Å².